The molecule has 2 aromatic heterocycles. The minimum Gasteiger partial charge on any atom is -0.493 e. The van der Waals surface area contributed by atoms with Crippen LogP contribution in [-0.4, -0.2) is 216 Å². The van der Waals surface area contributed by atoms with Crippen molar-refractivity contribution in [3.05, 3.63) is 302 Å². The number of methoxy groups -OCH3 is 6. The fraction of sp³-hybridized carbons (Fsp3) is 0.299. The monoisotopic (exact) mass is 1810 g/mol. The van der Waals surface area contributed by atoms with Gasteiger partial charge in [-0.25, -0.2) is 26.3 Å². The van der Waals surface area contributed by atoms with Crippen LogP contribution < -0.4 is 52.6 Å². The minimum absolute atomic E-state index is 0.00106. The van der Waals surface area contributed by atoms with Crippen LogP contribution in [0, 0.1) is 0 Å². The summed E-state index contributed by atoms with van der Waals surface area (Å²) in [5, 5.41) is 3.37. The van der Waals surface area contributed by atoms with Crippen molar-refractivity contribution < 1.29 is 74.0 Å². The first-order valence-corrected chi connectivity index (χ1v) is 47.1. The summed E-state index contributed by atoms with van der Waals surface area (Å²) in [4.78, 5) is 101. The molecule has 3 saturated heterocycles. The lowest BCUT2D eigenvalue weighted by molar-refractivity contribution is 0.0563. The molecule has 0 bridgehead atoms. The third-order valence-electron chi connectivity index (χ3n) is 24.5. The molecule has 8 heterocycles. The molecule has 0 saturated carbocycles. The molecular weight excluding hydrogens is 1700 g/mol. The van der Waals surface area contributed by atoms with Gasteiger partial charge in [0.15, 0.2) is 34.5 Å². The molecule has 31 heteroatoms. The summed E-state index contributed by atoms with van der Waals surface area (Å²) in [5.74, 6) is 0.701. The van der Waals surface area contributed by atoms with Crippen molar-refractivity contribution in [2.45, 2.75) is 65.9 Å². The van der Waals surface area contributed by atoms with Gasteiger partial charge < -0.3 is 43.1 Å². The summed E-state index contributed by atoms with van der Waals surface area (Å²) in [6.07, 6.45) is 0.150. The summed E-state index contributed by atoms with van der Waals surface area (Å²) in [6.45, 7) is 14.7. The van der Waals surface area contributed by atoms with Crippen LogP contribution in [-0.2, 0) is 33.1 Å². The Bertz CT molecular complexity index is 6050. The predicted molar refractivity (Wildman–Crippen MR) is 494 cm³/mol. The number of thiophene rings is 2. The number of piperazine rings is 3. The van der Waals surface area contributed by atoms with E-state index in [1.165, 1.54) is 72.0 Å². The van der Waals surface area contributed by atoms with Crippen molar-refractivity contribution in [2.24, 2.45) is 0 Å². The SMILES string of the molecule is COc1ccc(C(CCNS(=O)(=O)c2cccs2)N2C(=O)c3cccc(N4CCN([C@H](C)c5ccccc5)CC4)c3C2=O)cc1OC.COc1ccc(C(CNS(=O)(=O)c2cccs2)N2C(=O)c3cccc(N4CCN([C@H](C)c5ccccc5)CC4)c3C2=O)cc1OC.COc1ccc(CN2C(=O)c3cccc(N4CCN(Cc5ccccc5)CC4)c3C2=O)cc1OC. The Kier molecular flexibility index (Phi) is 28.5. The normalized spacial score (nSPS) is 16.5. The summed E-state index contributed by atoms with van der Waals surface area (Å²) in [7, 11) is 1.55. The Labute approximate surface area is 754 Å². The number of nitrogens with zero attached hydrogens (tertiary/aromatic N) is 9. The van der Waals surface area contributed by atoms with Crippen molar-refractivity contribution in [1.29, 1.82) is 0 Å². The topological polar surface area (TPSA) is 279 Å². The smallest absolute Gasteiger partial charge is 0.264 e. The zero-order chi connectivity index (χ0) is 89.9. The van der Waals surface area contributed by atoms with Crippen LogP contribution in [0.25, 0.3) is 0 Å². The van der Waals surface area contributed by atoms with Crippen LogP contribution in [0.4, 0.5) is 17.1 Å². The number of fused-ring (bicyclic) bond motifs is 3. The molecule has 0 aliphatic carbocycles. The Morgan fingerprint density at radius 3 is 1.17 bits per heavy atom. The quantitative estimate of drug-likeness (QED) is 0.0396. The second kappa shape index (κ2) is 40.3. The molecule has 3 fully saturated rings. The maximum Gasteiger partial charge on any atom is 0.264 e. The number of benzene rings is 9. The molecule has 6 aliphatic rings. The number of hydrogen-bond donors (Lipinski definition) is 2. The highest BCUT2D eigenvalue weighted by Crippen LogP contribution is 2.44. The largest absolute Gasteiger partial charge is 0.493 e. The number of ether oxygens (including phenoxy) is 6. The third kappa shape index (κ3) is 19.3. The summed E-state index contributed by atoms with van der Waals surface area (Å²) in [5.41, 5.74) is 10.4. The first-order valence-electron chi connectivity index (χ1n) is 42.4. The Morgan fingerprint density at radius 1 is 0.344 bits per heavy atom. The molecule has 0 spiro atoms. The number of nitrogens with one attached hydrogen (secondary N) is 2. The van der Waals surface area contributed by atoms with Crippen molar-refractivity contribution in [3.8, 4) is 34.5 Å². The lowest BCUT2D eigenvalue weighted by Crippen LogP contribution is -2.47. The molecule has 2 unspecified atom stereocenters. The van der Waals surface area contributed by atoms with Crippen LogP contribution in [0.2, 0.25) is 0 Å². The summed E-state index contributed by atoms with van der Waals surface area (Å²) < 4.78 is 90.2. The van der Waals surface area contributed by atoms with Gasteiger partial charge in [-0.05, 0) is 149 Å². The average Bonchev–Trinajstić information content (AvgIpc) is 1.60. The van der Waals surface area contributed by atoms with Gasteiger partial charge in [0.25, 0.3) is 35.4 Å². The van der Waals surface area contributed by atoms with Crippen LogP contribution in [0.3, 0.4) is 0 Å². The van der Waals surface area contributed by atoms with Crippen molar-refractivity contribution in [1.82, 2.24) is 38.8 Å². The molecule has 6 amide bonds. The Morgan fingerprint density at radius 2 is 0.734 bits per heavy atom. The first kappa shape index (κ1) is 90.5. The highest BCUT2D eigenvalue weighted by atomic mass is 32.3. The molecule has 128 heavy (non-hydrogen) atoms. The zero-order valence-corrected chi connectivity index (χ0v) is 75.8. The molecule has 6 aliphatic heterocycles. The second-order valence-electron chi connectivity index (χ2n) is 31.6. The fourth-order valence-corrected chi connectivity index (χ4v) is 21.7. The number of imide groups is 3. The van der Waals surface area contributed by atoms with Gasteiger partial charge in [-0.2, -0.15) is 0 Å². The molecule has 11 aromatic rings. The van der Waals surface area contributed by atoms with Crippen molar-refractivity contribution >= 4 is 95.2 Å². The van der Waals surface area contributed by atoms with Crippen LogP contribution >= 0.6 is 22.7 Å². The van der Waals surface area contributed by atoms with Gasteiger partial charge in [0.2, 0.25) is 20.0 Å². The third-order valence-corrected chi connectivity index (χ3v) is 30.1. The number of carbonyl (C=O) groups is 6. The molecule has 4 atom stereocenters. The lowest BCUT2D eigenvalue weighted by atomic mass is 10.0. The number of sulfonamides is 2. The maximum absolute atomic E-state index is 14.3. The summed E-state index contributed by atoms with van der Waals surface area (Å²) in [6, 6.07) is 68.4. The van der Waals surface area contributed by atoms with Gasteiger partial charge in [0.05, 0.1) is 112 Å². The van der Waals surface area contributed by atoms with Gasteiger partial charge in [-0.15, -0.1) is 22.7 Å². The predicted octanol–water partition coefficient (Wildman–Crippen LogP) is 14.1. The van der Waals surface area contributed by atoms with Crippen LogP contribution in [0.5, 0.6) is 34.5 Å². The zero-order valence-electron chi connectivity index (χ0n) is 72.5. The number of hydrogen-bond acceptors (Lipinski definition) is 24. The van der Waals surface area contributed by atoms with E-state index in [0.29, 0.717) is 111 Å². The molecule has 666 valence electrons. The van der Waals surface area contributed by atoms with Crippen LogP contribution in [0.15, 0.2) is 244 Å². The van der Waals surface area contributed by atoms with E-state index < -0.39 is 55.8 Å². The standard InChI is InChI=1S/C35H38N4O6S2.C34H36N4O6S2.C28H29N3O4/c1-24(25-9-5-4-6-10-25)37-18-20-38(21-19-37)29-12-7-11-27-33(29)35(41)39(34(27)40)28(26-14-15-30(44-2)31(23-26)45-3)16-17-36-47(42,43)32-13-8-22-46-32;1-23(24-9-5-4-6-10-24)36-16-18-37(19-17-36)27-12-7-11-26-32(27)34(40)38(33(26)39)28(22-35-46(41,42)31-13-8-20-45-31)25-14-15-29(43-2)30(21-25)44-3;1-34-24-12-11-21(17-25(24)35-2)19-31-27(32)22-9-6-10-23(26(22)28(31)33)30-15-13-29(14-16-30)18-20-7-4-3-5-8-20/h4-15,22-24,28,36H,16-21H2,1-3H3;4-15,20-21,23,28,35H,16-19,22H2,1-3H3;3-12,17H,13-16,18-19H2,1-2H3/t24-,28?;23-,28?;/m11./s1. The minimum atomic E-state index is -3.89. The van der Waals surface area contributed by atoms with Gasteiger partial charge in [-0.1, -0.05) is 140 Å². The number of rotatable bonds is 30. The lowest BCUT2D eigenvalue weighted by Gasteiger charge is -2.39. The number of carbonyl (C=O) groups excluding carboxylic acids is 6. The second-order valence-corrected chi connectivity index (χ2v) is 37.5. The Balaban J connectivity index is 0.000000149. The van der Waals surface area contributed by atoms with E-state index in [1.807, 2.05) is 66.7 Å². The van der Waals surface area contributed by atoms with Crippen molar-refractivity contribution in [3.63, 3.8) is 0 Å². The van der Waals surface area contributed by atoms with E-state index in [9.17, 15) is 45.6 Å². The molecule has 9 aromatic carbocycles. The van der Waals surface area contributed by atoms with Crippen LogP contribution in [0.1, 0.15) is 140 Å². The molecule has 0 radical (unpaired) electrons. The number of amides is 6. The van der Waals surface area contributed by atoms with E-state index in [2.05, 4.69) is 113 Å². The van der Waals surface area contributed by atoms with E-state index in [0.717, 1.165) is 98.5 Å². The summed E-state index contributed by atoms with van der Waals surface area (Å²) >= 11 is 2.21. The maximum atomic E-state index is 14.3. The highest BCUT2D eigenvalue weighted by Gasteiger charge is 2.47. The van der Waals surface area contributed by atoms with Gasteiger partial charge >= 0.3 is 0 Å². The van der Waals surface area contributed by atoms with Crippen molar-refractivity contribution in [2.75, 3.05) is 149 Å². The first-order chi connectivity index (χ1) is 62.0. The van der Waals surface area contributed by atoms with Gasteiger partial charge in [0, 0.05) is 110 Å². The van der Waals surface area contributed by atoms with E-state index >= 15 is 0 Å². The highest BCUT2D eigenvalue weighted by molar-refractivity contribution is 7.91. The van der Waals surface area contributed by atoms with E-state index in [-0.39, 0.29) is 58.4 Å². The average molecular weight is 1810 g/mol. The fourth-order valence-electron chi connectivity index (χ4n) is 17.5. The van der Waals surface area contributed by atoms with E-state index in [4.69, 9.17) is 28.4 Å². The Hall–Kier alpha value is -12.3. The van der Waals surface area contributed by atoms with Gasteiger partial charge in [0.1, 0.15) is 8.42 Å². The molecule has 27 nitrogen and oxygen atoms in total. The molecule has 17 rings (SSSR count). The van der Waals surface area contributed by atoms with Gasteiger partial charge in [-0.3, -0.25) is 58.2 Å². The number of anilines is 3. The van der Waals surface area contributed by atoms with E-state index in [1.54, 1.807) is 110 Å². The molecular formula is C97H103N11O16S4. The molecule has 2 N–H and O–H groups in total.